The first-order chi connectivity index (χ1) is 19.6. The minimum absolute atomic E-state index is 0.0314. The molecule has 4 rings (SSSR count). The van der Waals surface area contributed by atoms with Crippen LogP contribution in [0.2, 0.25) is 0 Å². The average Bonchev–Trinajstić information content (AvgIpc) is 3.66. The molecule has 0 aliphatic heterocycles. The first-order valence-electron chi connectivity index (χ1n) is 13.1. The highest BCUT2D eigenvalue weighted by molar-refractivity contribution is 6.60. The second kappa shape index (κ2) is 12.5. The largest absolute Gasteiger partial charge is 0.494 e. The number of ether oxygens (including phenoxy) is 1. The van der Waals surface area contributed by atoms with E-state index in [2.05, 4.69) is 41.7 Å². The van der Waals surface area contributed by atoms with Crippen LogP contribution in [0.3, 0.4) is 0 Å². The molecule has 0 saturated heterocycles. The van der Waals surface area contributed by atoms with E-state index in [0.29, 0.717) is 34.9 Å². The second-order valence-corrected chi connectivity index (χ2v) is 10.5. The van der Waals surface area contributed by atoms with E-state index in [1.807, 2.05) is 29.6 Å². The number of amides is 3. The van der Waals surface area contributed by atoms with Gasteiger partial charge in [0.1, 0.15) is 35.7 Å². The highest BCUT2D eigenvalue weighted by Gasteiger charge is 2.30. The fourth-order valence-corrected chi connectivity index (χ4v) is 3.85. The third-order valence-corrected chi connectivity index (χ3v) is 5.87. The molecule has 1 saturated carbocycles. The number of anilines is 3. The molecule has 1 aliphatic rings. The van der Waals surface area contributed by atoms with Gasteiger partial charge in [-0.2, -0.15) is 20.3 Å². The van der Waals surface area contributed by atoms with Crippen LogP contribution in [0.4, 0.5) is 17.2 Å². The molecule has 0 atom stereocenters. The molecule has 3 aromatic rings. The van der Waals surface area contributed by atoms with Crippen LogP contribution in [0.5, 0.6) is 5.75 Å². The molecule has 1 aliphatic carbocycles. The number of carbonyl (C=O) groups excluding carboxylic acids is 3. The number of aromatic nitrogens is 5. The Balaban J connectivity index is 1.61. The summed E-state index contributed by atoms with van der Waals surface area (Å²) in [5.74, 6) is -0.314. The number of carbonyl (C=O) groups is 3. The molecule has 1 fully saturated rings. The molecule has 2 aromatic heterocycles. The van der Waals surface area contributed by atoms with E-state index in [4.69, 9.17) is 10.00 Å². The minimum atomic E-state index is -0.517. The Kier molecular flexibility index (Phi) is 8.91. The van der Waals surface area contributed by atoms with Crippen molar-refractivity contribution in [1.82, 2.24) is 35.8 Å². The Morgan fingerprint density at radius 2 is 1.98 bits per heavy atom. The molecule has 208 valence electrons. The van der Waals surface area contributed by atoms with Crippen LogP contribution in [0.15, 0.2) is 30.5 Å². The summed E-state index contributed by atoms with van der Waals surface area (Å²) in [6.07, 6.45) is 3.03. The minimum Gasteiger partial charge on any atom is -0.494 e. The van der Waals surface area contributed by atoms with E-state index in [1.54, 1.807) is 30.5 Å². The van der Waals surface area contributed by atoms with Gasteiger partial charge in [-0.25, -0.2) is 0 Å². The molecule has 3 amide bonds. The van der Waals surface area contributed by atoms with E-state index in [9.17, 15) is 14.4 Å². The highest BCUT2D eigenvalue weighted by Crippen LogP contribution is 2.37. The summed E-state index contributed by atoms with van der Waals surface area (Å²) in [4.78, 5) is 38.4. The van der Waals surface area contributed by atoms with Gasteiger partial charge in [-0.15, -0.1) is 10.2 Å². The monoisotopic (exact) mass is 554 g/mol. The topological polar surface area (TPSA) is 189 Å². The van der Waals surface area contributed by atoms with Gasteiger partial charge in [-0.05, 0) is 30.2 Å². The molecule has 14 nitrogen and oxygen atoms in total. The predicted molar refractivity (Wildman–Crippen MR) is 158 cm³/mol. The number of rotatable bonds is 12. The number of nitrogens with one attached hydrogen (secondary N) is 4. The Morgan fingerprint density at radius 1 is 1.20 bits per heavy atom. The van der Waals surface area contributed by atoms with E-state index >= 15 is 0 Å². The van der Waals surface area contributed by atoms with E-state index < -0.39 is 11.1 Å². The molecule has 0 radical (unpaired) electrons. The summed E-state index contributed by atoms with van der Waals surface area (Å²) in [5, 5.41) is 36.5. The van der Waals surface area contributed by atoms with Crippen LogP contribution in [0.1, 0.15) is 29.8 Å². The molecule has 1 aromatic carbocycles. The third-order valence-electron chi connectivity index (χ3n) is 5.87. The summed E-state index contributed by atoms with van der Waals surface area (Å²) in [6, 6.07) is 8.73. The molecular weight excluding hydrogens is 525 g/mol. The molecule has 2 heterocycles. The number of hydrogen-bond donors (Lipinski definition) is 4. The lowest BCUT2D eigenvalue weighted by atomic mass is 9.49. The fourth-order valence-electron chi connectivity index (χ4n) is 3.85. The first-order valence-corrected chi connectivity index (χ1v) is 13.1. The summed E-state index contributed by atoms with van der Waals surface area (Å²) < 4.78 is 5.73. The van der Waals surface area contributed by atoms with Crippen LogP contribution in [0.25, 0.3) is 11.3 Å². The molecule has 4 N–H and O–H groups in total. The maximum absolute atomic E-state index is 13.1. The second-order valence-electron chi connectivity index (χ2n) is 10.5. The Labute approximate surface area is 239 Å². The van der Waals surface area contributed by atoms with Gasteiger partial charge in [-0.3, -0.25) is 14.4 Å². The normalized spacial score (nSPS) is 12.6. The maximum atomic E-state index is 13.1. The Morgan fingerprint density at radius 3 is 2.66 bits per heavy atom. The van der Waals surface area contributed by atoms with Crippen LogP contribution in [0, 0.1) is 17.2 Å². The van der Waals surface area contributed by atoms with E-state index in [0.717, 1.165) is 12.8 Å². The zero-order valence-corrected chi connectivity index (χ0v) is 23.3. The van der Waals surface area contributed by atoms with Crippen molar-refractivity contribution in [3.05, 3.63) is 36.2 Å². The zero-order chi connectivity index (χ0) is 29.6. The summed E-state index contributed by atoms with van der Waals surface area (Å²) >= 11 is 0. The summed E-state index contributed by atoms with van der Waals surface area (Å²) in [5.41, 5.74) is 2.02. The van der Waals surface area contributed by atoms with Gasteiger partial charge in [0.05, 0.1) is 37.3 Å². The van der Waals surface area contributed by atoms with Gasteiger partial charge < -0.3 is 26.0 Å². The summed E-state index contributed by atoms with van der Waals surface area (Å²) in [6.45, 7) is 0.573. The molecule has 0 bridgehead atoms. The highest BCUT2D eigenvalue weighted by atomic mass is 16.5. The molecule has 0 unspecified atom stereocenters. The number of benzene rings is 1. The maximum Gasteiger partial charge on any atom is 0.272 e. The van der Waals surface area contributed by atoms with Gasteiger partial charge in [0, 0.05) is 24.1 Å². The third kappa shape index (κ3) is 7.84. The van der Waals surface area contributed by atoms with Crippen LogP contribution >= 0.6 is 0 Å². The van der Waals surface area contributed by atoms with Crippen molar-refractivity contribution in [1.29, 1.82) is 5.26 Å². The predicted octanol–water partition coefficient (Wildman–Crippen LogP) is -1.89. The van der Waals surface area contributed by atoms with Gasteiger partial charge in [0.2, 0.25) is 11.8 Å². The Hall–Kier alpha value is -4.87. The average molecular weight is 554 g/mol. The molecule has 0 spiro atoms. The summed E-state index contributed by atoms with van der Waals surface area (Å²) in [7, 11) is 7.08. The smallest absolute Gasteiger partial charge is 0.272 e. The lowest BCUT2D eigenvalue weighted by molar-refractivity contribution is -0.120. The van der Waals surface area contributed by atoms with Crippen LogP contribution in [-0.2, 0) is 16.1 Å². The quantitative estimate of drug-likeness (QED) is 0.184. The first kappa shape index (κ1) is 29.1. The fraction of sp³-hybridized carbons (Fsp3) is 0.333. The number of para-hydroxylation sites is 1. The van der Waals surface area contributed by atoms with Crippen molar-refractivity contribution >= 4 is 58.5 Å². The van der Waals surface area contributed by atoms with Crippen molar-refractivity contribution in [2.24, 2.45) is 5.92 Å². The molecule has 41 heavy (non-hydrogen) atoms. The standard InChI is InChI=1S/C24H29B3N10O4/c1-41-21-14(17-12-30-37(36-17)10-9-29-19(38)7-8-28)3-2-4-15(21)31-16-11-18(32-22(39)13-5-6-13)34-35-20(16)23(40)33-24(25,26)27/h2-4,11-13H,5-7,9-10,25-27H2,1H3,(H,29,38)(H,33,40)(H2,31,32,34,39). The van der Waals surface area contributed by atoms with Crippen molar-refractivity contribution in [3.63, 3.8) is 0 Å². The van der Waals surface area contributed by atoms with Crippen LogP contribution in [-0.4, -0.2) is 85.3 Å². The number of nitrogens with zero attached hydrogens (tertiary/aromatic N) is 6. The Bertz CT molecular complexity index is 1500. The SMILES string of the molecule is BC(B)(B)NC(=O)c1nnc(NC(=O)C2CC2)cc1Nc1cccc(-c2cnn(CCNC(=O)CC#N)n2)c1OC. The lowest BCUT2D eigenvalue weighted by Crippen LogP contribution is -2.50. The van der Waals surface area contributed by atoms with Crippen molar-refractivity contribution in [2.45, 2.75) is 31.0 Å². The van der Waals surface area contributed by atoms with Crippen LogP contribution < -0.4 is 26.0 Å². The number of methoxy groups -OCH3 is 1. The van der Waals surface area contributed by atoms with Crippen molar-refractivity contribution in [2.75, 3.05) is 24.3 Å². The van der Waals surface area contributed by atoms with Crippen molar-refractivity contribution < 1.29 is 19.1 Å². The van der Waals surface area contributed by atoms with Crippen molar-refractivity contribution in [3.8, 4) is 23.1 Å². The van der Waals surface area contributed by atoms with Gasteiger partial charge in [0.25, 0.3) is 5.91 Å². The molecule has 17 heteroatoms. The molecular formula is C24H29B3N10O4. The van der Waals surface area contributed by atoms with E-state index in [1.165, 1.54) is 11.9 Å². The van der Waals surface area contributed by atoms with Gasteiger partial charge in [0.15, 0.2) is 17.3 Å². The lowest BCUT2D eigenvalue weighted by Gasteiger charge is -2.22. The van der Waals surface area contributed by atoms with Gasteiger partial charge >= 0.3 is 0 Å². The van der Waals surface area contributed by atoms with E-state index in [-0.39, 0.29) is 42.2 Å². The number of hydrogen-bond acceptors (Lipinski definition) is 10. The zero-order valence-electron chi connectivity index (χ0n) is 23.3. The number of nitriles is 1. The van der Waals surface area contributed by atoms with Gasteiger partial charge in [-0.1, -0.05) is 6.07 Å².